The topological polar surface area (TPSA) is 70.6 Å². The van der Waals surface area contributed by atoms with Gasteiger partial charge in [-0.25, -0.2) is 5.43 Å². The molecule has 0 saturated carbocycles. The zero-order valence-electron chi connectivity index (χ0n) is 16.8. The summed E-state index contributed by atoms with van der Waals surface area (Å²) in [6, 6.07) is 24.6. The van der Waals surface area contributed by atoms with E-state index in [9.17, 15) is 9.59 Å². The molecule has 2 N–H and O–H groups in total. The Labute approximate surface area is 188 Å². The third-order valence-corrected chi connectivity index (χ3v) is 5.73. The summed E-state index contributed by atoms with van der Waals surface area (Å²) in [6.07, 6.45) is 1.66. The van der Waals surface area contributed by atoms with Crippen LogP contribution in [-0.2, 0) is 4.79 Å². The van der Waals surface area contributed by atoms with Gasteiger partial charge in [0.2, 0.25) is 0 Å². The van der Waals surface area contributed by atoms with Gasteiger partial charge in [-0.1, -0.05) is 60.7 Å². The van der Waals surface area contributed by atoms with Crippen LogP contribution >= 0.6 is 15.9 Å². The maximum atomic E-state index is 12.5. The molecule has 0 fully saturated rings. The van der Waals surface area contributed by atoms with Gasteiger partial charge in [0.25, 0.3) is 11.8 Å². The van der Waals surface area contributed by atoms with Crippen molar-refractivity contribution in [1.82, 2.24) is 10.7 Å². The lowest BCUT2D eigenvalue weighted by atomic mass is 9.97. The third kappa shape index (κ3) is 4.49. The van der Waals surface area contributed by atoms with Crippen LogP contribution in [0.5, 0.6) is 0 Å². The van der Waals surface area contributed by atoms with Gasteiger partial charge in [0.15, 0.2) is 0 Å². The van der Waals surface area contributed by atoms with Crippen molar-refractivity contribution in [2.75, 3.05) is 0 Å². The highest BCUT2D eigenvalue weighted by atomic mass is 79.9. The van der Waals surface area contributed by atoms with E-state index in [1.165, 1.54) is 0 Å². The Morgan fingerprint density at radius 3 is 2.13 bits per heavy atom. The number of carbonyl (C=O) groups is 2. The van der Waals surface area contributed by atoms with Crippen molar-refractivity contribution in [3.05, 3.63) is 94.5 Å². The molecule has 1 atom stereocenters. The summed E-state index contributed by atoms with van der Waals surface area (Å²) in [5.74, 6) is -0.736. The van der Waals surface area contributed by atoms with Crippen molar-refractivity contribution < 1.29 is 9.59 Å². The van der Waals surface area contributed by atoms with Crippen LogP contribution in [0.1, 0.15) is 22.8 Å². The maximum absolute atomic E-state index is 12.5. The molecule has 0 bridgehead atoms. The van der Waals surface area contributed by atoms with E-state index in [0.29, 0.717) is 10.0 Å². The van der Waals surface area contributed by atoms with E-state index >= 15 is 0 Å². The van der Waals surface area contributed by atoms with Crippen LogP contribution in [0.2, 0.25) is 0 Å². The fourth-order valence-electron chi connectivity index (χ4n) is 3.43. The molecule has 31 heavy (non-hydrogen) atoms. The van der Waals surface area contributed by atoms with E-state index in [1.54, 1.807) is 31.3 Å². The third-order valence-electron chi connectivity index (χ3n) is 5.04. The highest BCUT2D eigenvalue weighted by Gasteiger charge is 2.17. The Kier molecular flexibility index (Phi) is 6.09. The minimum absolute atomic E-state index is 0.334. The van der Waals surface area contributed by atoms with Gasteiger partial charge in [-0.2, -0.15) is 5.10 Å². The van der Waals surface area contributed by atoms with Crippen LogP contribution in [0.4, 0.5) is 0 Å². The number of hydrogen-bond donors (Lipinski definition) is 2. The first-order chi connectivity index (χ1) is 15.0. The number of halogens is 1. The van der Waals surface area contributed by atoms with Crippen molar-refractivity contribution in [3.63, 3.8) is 0 Å². The van der Waals surface area contributed by atoms with Crippen LogP contribution in [0.15, 0.2) is 88.4 Å². The molecule has 0 saturated heterocycles. The zero-order chi connectivity index (χ0) is 21.8. The van der Waals surface area contributed by atoms with Crippen LogP contribution in [0.3, 0.4) is 0 Å². The smallest absolute Gasteiger partial charge is 0.262 e. The minimum atomic E-state index is -0.749. The molecule has 0 spiro atoms. The van der Waals surface area contributed by atoms with Gasteiger partial charge in [-0.15, -0.1) is 0 Å². The second-order valence-electron chi connectivity index (χ2n) is 7.14. The van der Waals surface area contributed by atoms with Crippen molar-refractivity contribution in [1.29, 1.82) is 0 Å². The number of hydrazone groups is 1. The molecule has 5 nitrogen and oxygen atoms in total. The number of amides is 2. The van der Waals surface area contributed by atoms with Gasteiger partial charge < -0.3 is 5.32 Å². The summed E-state index contributed by atoms with van der Waals surface area (Å²) in [6.45, 7) is 1.62. The monoisotopic (exact) mass is 473 g/mol. The van der Waals surface area contributed by atoms with E-state index in [2.05, 4.69) is 50.0 Å². The number of carbonyl (C=O) groups excluding carboxylic acids is 2. The van der Waals surface area contributed by atoms with Gasteiger partial charge in [0.1, 0.15) is 6.04 Å². The van der Waals surface area contributed by atoms with E-state index < -0.39 is 11.9 Å². The van der Waals surface area contributed by atoms with Crippen LogP contribution in [0, 0.1) is 0 Å². The van der Waals surface area contributed by atoms with Crippen molar-refractivity contribution in [2.45, 2.75) is 13.0 Å². The molecule has 0 aliphatic heterocycles. The Hall–Kier alpha value is -3.51. The number of hydrogen-bond acceptors (Lipinski definition) is 3. The standard InChI is InChI=1S/C25H20BrN3O2/c1-16(28-25(31)21-12-6-7-13-23(21)26)24(30)29-27-15-22-19-10-4-2-8-17(19)14-18-9-3-5-11-20(18)22/h2-16H,1H3,(H,28,31)(H,29,30). The molecule has 0 aromatic heterocycles. The van der Waals surface area contributed by atoms with Gasteiger partial charge in [-0.3, -0.25) is 9.59 Å². The van der Waals surface area contributed by atoms with E-state index in [-0.39, 0.29) is 5.91 Å². The molecule has 0 aliphatic carbocycles. The molecule has 0 aliphatic rings. The fraction of sp³-hybridized carbons (Fsp3) is 0.0800. The lowest BCUT2D eigenvalue weighted by molar-refractivity contribution is -0.122. The lowest BCUT2D eigenvalue weighted by Gasteiger charge is -2.13. The Balaban J connectivity index is 1.52. The van der Waals surface area contributed by atoms with Gasteiger partial charge in [-0.05, 0) is 62.6 Å². The Morgan fingerprint density at radius 2 is 1.48 bits per heavy atom. The normalized spacial score (nSPS) is 12.2. The number of nitrogens with zero attached hydrogens (tertiary/aromatic N) is 1. The second-order valence-corrected chi connectivity index (χ2v) is 8.00. The number of fused-ring (bicyclic) bond motifs is 2. The van der Waals surface area contributed by atoms with E-state index in [1.807, 2.05) is 42.5 Å². The van der Waals surface area contributed by atoms with Crippen LogP contribution in [0.25, 0.3) is 21.5 Å². The summed E-state index contributed by atoms with van der Waals surface area (Å²) in [5.41, 5.74) is 3.93. The van der Waals surface area contributed by atoms with Crippen molar-refractivity contribution >= 4 is 55.5 Å². The first-order valence-electron chi connectivity index (χ1n) is 9.83. The average molecular weight is 474 g/mol. The van der Waals surface area contributed by atoms with E-state index in [0.717, 1.165) is 27.1 Å². The molecule has 0 heterocycles. The molecule has 154 valence electrons. The Morgan fingerprint density at radius 1 is 0.903 bits per heavy atom. The lowest BCUT2D eigenvalue weighted by Crippen LogP contribution is -2.43. The maximum Gasteiger partial charge on any atom is 0.262 e. The minimum Gasteiger partial charge on any atom is -0.340 e. The average Bonchev–Trinajstić information content (AvgIpc) is 2.78. The summed E-state index contributed by atoms with van der Waals surface area (Å²) in [7, 11) is 0. The Bertz CT molecular complexity index is 1260. The molecule has 6 heteroatoms. The van der Waals surface area contributed by atoms with Gasteiger partial charge in [0, 0.05) is 10.0 Å². The number of rotatable bonds is 5. The van der Waals surface area contributed by atoms with Crippen molar-refractivity contribution in [2.24, 2.45) is 5.10 Å². The first kappa shape index (κ1) is 20.8. The largest absolute Gasteiger partial charge is 0.340 e. The zero-order valence-corrected chi connectivity index (χ0v) is 18.4. The molecular weight excluding hydrogens is 454 g/mol. The summed E-state index contributed by atoms with van der Waals surface area (Å²) < 4.78 is 0.668. The number of nitrogens with one attached hydrogen (secondary N) is 2. The summed E-state index contributed by atoms with van der Waals surface area (Å²) >= 11 is 3.35. The highest BCUT2D eigenvalue weighted by molar-refractivity contribution is 9.10. The predicted octanol–water partition coefficient (Wildman–Crippen LogP) is 5.02. The molecule has 0 radical (unpaired) electrons. The second kappa shape index (κ2) is 9.10. The number of benzene rings is 4. The van der Waals surface area contributed by atoms with Gasteiger partial charge in [0.05, 0.1) is 11.8 Å². The van der Waals surface area contributed by atoms with Crippen LogP contribution < -0.4 is 10.7 Å². The molecule has 4 aromatic rings. The molecule has 2 amide bonds. The first-order valence-corrected chi connectivity index (χ1v) is 10.6. The van der Waals surface area contributed by atoms with E-state index in [4.69, 9.17) is 0 Å². The predicted molar refractivity (Wildman–Crippen MR) is 128 cm³/mol. The molecule has 4 aromatic carbocycles. The molecule has 1 unspecified atom stereocenters. The molecule has 4 rings (SSSR count). The highest BCUT2D eigenvalue weighted by Crippen LogP contribution is 2.27. The van der Waals surface area contributed by atoms with Crippen LogP contribution in [-0.4, -0.2) is 24.1 Å². The van der Waals surface area contributed by atoms with Gasteiger partial charge >= 0.3 is 0 Å². The fourth-order valence-corrected chi connectivity index (χ4v) is 3.90. The summed E-state index contributed by atoms with van der Waals surface area (Å²) in [4.78, 5) is 24.9. The molecular formula is C25H20BrN3O2. The SMILES string of the molecule is CC(NC(=O)c1ccccc1Br)C(=O)NN=Cc1c2ccccc2cc2ccccc12. The summed E-state index contributed by atoms with van der Waals surface area (Å²) in [5, 5.41) is 11.2. The van der Waals surface area contributed by atoms with Crippen molar-refractivity contribution in [3.8, 4) is 0 Å². The quantitative estimate of drug-likeness (QED) is 0.242.